The molecular weight excluding hydrogens is 172 g/mol. The van der Waals surface area contributed by atoms with Crippen molar-refractivity contribution >= 4 is 0 Å². The largest absolute Gasteiger partial charge is 0.311 e. The zero-order valence-electron chi connectivity index (χ0n) is 9.42. The van der Waals surface area contributed by atoms with E-state index in [2.05, 4.69) is 26.5 Å². The third-order valence-corrected chi connectivity index (χ3v) is 2.96. The SMILES string of the molecule is C=C1CCCN(N)/C1=C/CC(C)CC. The van der Waals surface area contributed by atoms with Gasteiger partial charge in [-0.25, -0.2) is 5.84 Å². The van der Waals surface area contributed by atoms with E-state index in [1.165, 1.54) is 12.0 Å². The van der Waals surface area contributed by atoms with E-state index >= 15 is 0 Å². The molecule has 0 radical (unpaired) electrons. The average Bonchev–Trinajstić information content (AvgIpc) is 2.16. The quantitative estimate of drug-likeness (QED) is 0.700. The van der Waals surface area contributed by atoms with Crippen LogP contribution in [0.3, 0.4) is 0 Å². The van der Waals surface area contributed by atoms with Crippen LogP contribution in [-0.2, 0) is 0 Å². The van der Waals surface area contributed by atoms with Crippen LogP contribution in [0, 0.1) is 5.92 Å². The van der Waals surface area contributed by atoms with Crippen molar-refractivity contribution in [1.29, 1.82) is 0 Å². The van der Waals surface area contributed by atoms with Gasteiger partial charge in [-0.05, 0) is 30.8 Å². The Morgan fingerprint density at radius 3 is 2.93 bits per heavy atom. The van der Waals surface area contributed by atoms with Crippen molar-refractivity contribution in [2.24, 2.45) is 11.8 Å². The van der Waals surface area contributed by atoms with Gasteiger partial charge in [-0.1, -0.05) is 32.9 Å². The average molecular weight is 194 g/mol. The summed E-state index contributed by atoms with van der Waals surface area (Å²) in [5.74, 6) is 6.64. The number of rotatable bonds is 3. The second kappa shape index (κ2) is 5.20. The van der Waals surface area contributed by atoms with E-state index in [-0.39, 0.29) is 0 Å². The second-order valence-corrected chi connectivity index (χ2v) is 4.24. The van der Waals surface area contributed by atoms with E-state index in [0.717, 1.165) is 37.4 Å². The van der Waals surface area contributed by atoms with Crippen LogP contribution in [0.2, 0.25) is 0 Å². The monoisotopic (exact) mass is 194 g/mol. The predicted molar refractivity (Wildman–Crippen MR) is 61.4 cm³/mol. The van der Waals surface area contributed by atoms with E-state index in [1.54, 1.807) is 0 Å². The first kappa shape index (κ1) is 11.3. The van der Waals surface area contributed by atoms with E-state index in [0.29, 0.717) is 0 Å². The van der Waals surface area contributed by atoms with Crippen LogP contribution in [0.5, 0.6) is 0 Å². The molecule has 0 spiro atoms. The maximum atomic E-state index is 5.90. The molecule has 1 unspecified atom stereocenters. The standard InChI is InChI=1S/C12H22N2/c1-4-10(2)7-8-12-11(3)6-5-9-14(12)13/h8,10H,3-7,9,13H2,1-2H3/b12-8+. The normalized spacial score (nSPS) is 22.9. The summed E-state index contributed by atoms with van der Waals surface area (Å²) in [5, 5.41) is 1.84. The minimum Gasteiger partial charge on any atom is -0.311 e. The molecule has 1 heterocycles. The summed E-state index contributed by atoms with van der Waals surface area (Å²) >= 11 is 0. The molecule has 0 amide bonds. The third-order valence-electron chi connectivity index (χ3n) is 2.96. The fraction of sp³-hybridized carbons (Fsp3) is 0.667. The van der Waals surface area contributed by atoms with E-state index in [1.807, 2.05) is 5.01 Å². The van der Waals surface area contributed by atoms with Gasteiger partial charge >= 0.3 is 0 Å². The second-order valence-electron chi connectivity index (χ2n) is 4.24. The Morgan fingerprint density at radius 2 is 2.36 bits per heavy atom. The van der Waals surface area contributed by atoms with Crippen LogP contribution in [-0.4, -0.2) is 11.6 Å². The van der Waals surface area contributed by atoms with Crippen molar-refractivity contribution in [2.45, 2.75) is 39.5 Å². The number of nitrogens with two attached hydrogens (primary N) is 1. The van der Waals surface area contributed by atoms with Gasteiger partial charge in [0.2, 0.25) is 0 Å². The summed E-state index contributed by atoms with van der Waals surface area (Å²) in [6.45, 7) is 9.51. The van der Waals surface area contributed by atoms with Crippen LogP contribution in [0.4, 0.5) is 0 Å². The van der Waals surface area contributed by atoms with Crippen LogP contribution >= 0.6 is 0 Å². The molecule has 1 fully saturated rings. The Balaban J connectivity index is 2.58. The molecule has 80 valence electrons. The predicted octanol–water partition coefficient (Wildman–Crippen LogP) is 2.83. The van der Waals surface area contributed by atoms with Crippen molar-refractivity contribution in [2.75, 3.05) is 6.54 Å². The summed E-state index contributed by atoms with van der Waals surface area (Å²) < 4.78 is 0. The molecule has 14 heavy (non-hydrogen) atoms. The third kappa shape index (κ3) is 2.88. The summed E-state index contributed by atoms with van der Waals surface area (Å²) in [6, 6.07) is 0. The number of nitrogens with zero attached hydrogens (tertiary/aromatic N) is 1. The van der Waals surface area contributed by atoms with Crippen LogP contribution in [0.1, 0.15) is 39.5 Å². The molecule has 1 aliphatic rings. The van der Waals surface area contributed by atoms with Crippen LogP contribution in [0.15, 0.2) is 23.9 Å². The lowest BCUT2D eigenvalue weighted by Gasteiger charge is -2.29. The molecule has 2 N–H and O–H groups in total. The molecule has 0 aromatic rings. The summed E-state index contributed by atoms with van der Waals surface area (Å²) in [5.41, 5.74) is 2.36. The molecule has 2 heteroatoms. The van der Waals surface area contributed by atoms with Crippen molar-refractivity contribution in [1.82, 2.24) is 5.01 Å². The maximum absolute atomic E-state index is 5.90. The lowest BCUT2D eigenvalue weighted by molar-refractivity contribution is 0.330. The summed E-state index contributed by atoms with van der Waals surface area (Å²) in [4.78, 5) is 0. The smallest absolute Gasteiger partial charge is 0.0503 e. The van der Waals surface area contributed by atoms with Gasteiger partial charge in [0.15, 0.2) is 0 Å². The van der Waals surface area contributed by atoms with Gasteiger partial charge in [-0.2, -0.15) is 0 Å². The van der Waals surface area contributed by atoms with Gasteiger partial charge in [0.05, 0.1) is 5.70 Å². The van der Waals surface area contributed by atoms with Gasteiger partial charge < -0.3 is 5.01 Å². The molecule has 2 nitrogen and oxygen atoms in total. The van der Waals surface area contributed by atoms with Crippen molar-refractivity contribution < 1.29 is 0 Å². The molecule has 0 aromatic heterocycles. The highest BCUT2D eigenvalue weighted by atomic mass is 15.4. The number of allylic oxidation sites excluding steroid dienone is 2. The minimum atomic E-state index is 0.741. The lowest BCUT2D eigenvalue weighted by Crippen LogP contribution is -2.35. The van der Waals surface area contributed by atoms with Crippen molar-refractivity contribution in [3.63, 3.8) is 0 Å². The Hall–Kier alpha value is -0.760. The highest BCUT2D eigenvalue weighted by molar-refractivity contribution is 5.28. The molecule has 1 rings (SSSR count). The molecule has 0 aromatic carbocycles. The highest BCUT2D eigenvalue weighted by Gasteiger charge is 2.14. The maximum Gasteiger partial charge on any atom is 0.0503 e. The van der Waals surface area contributed by atoms with Gasteiger partial charge in [0.25, 0.3) is 0 Å². The van der Waals surface area contributed by atoms with E-state index in [9.17, 15) is 0 Å². The van der Waals surface area contributed by atoms with Crippen molar-refractivity contribution in [3.05, 3.63) is 23.9 Å². The Morgan fingerprint density at radius 1 is 1.64 bits per heavy atom. The zero-order valence-corrected chi connectivity index (χ0v) is 9.42. The van der Waals surface area contributed by atoms with Crippen LogP contribution < -0.4 is 5.84 Å². The summed E-state index contributed by atoms with van der Waals surface area (Å²) in [7, 11) is 0. The topological polar surface area (TPSA) is 29.3 Å². The first-order valence-electron chi connectivity index (χ1n) is 5.55. The fourth-order valence-corrected chi connectivity index (χ4v) is 1.66. The number of hydrogen-bond donors (Lipinski definition) is 1. The first-order valence-corrected chi connectivity index (χ1v) is 5.55. The molecule has 0 bridgehead atoms. The minimum absolute atomic E-state index is 0.741. The highest BCUT2D eigenvalue weighted by Crippen LogP contribution is 2.23. The Labute approximate surface area is 87.4 Å². The number of piperidine rings is 1. The van der Waals surface area contributed by atoms with E-state index in [4.69, 9.17) is 5.84 Å². The Kier molecular flexibility index (Phi) is 4.21. The Bertz CT molecular complexity index is 230. The van der Waals surface area contributed by atoms with Gasteiger partial charge in [0.1, 0.15) is 0 Å². The lowest BCUT2D eigenvalue weighted by atomic mass is 9.99. The number of hydrazine groups is 1. The van der Waals surface area contributed by atoms with E-state index < -0.39 is 0 Å². The summed E-state index contributed by atoms with van der Waals surface area (Å²) in [6.07, 6.45) is 6.81. The molecule has 1 saturated heterocycles. The first-order chi connectivity index (χ1) is 6.65. The molecule has 0 saturated carbocycles. The molecular formula is C12H22N2. The molecule has 0 aliphatic carbocycles. The molecule has 1 aliphatic heterocycles. The fourth-order valence-electron chi connectivity index (χ4n) is 1.66. The van der Waals surface area contributed by atoms with Gasteiger partial charge in [-0.3, -0.25) is 0 Å². The zero-order chi connectivity index (χ0) is 10.6. The number of hydrogen-bond acceptors (Lipinski definition) is 2. The molecule has 1 atom stereocenters. The van der Waals surface area contributed by atoms with Gasteiger partial charge in [-0.15, -0.1) is 0 Å². The van der Waals surface area contributed by atoms with Crippen LogP contribution in [0.25, 0.3) is 0 Å². The van der Waals surface area contributed by atoms with Crippen molar-refractivity contribution in [3.8, 4) is 0 Å². The van der Waals surface area contributed by atoms with Gasteiger partial charge in [0, 0.05) is 6.54 Å².